The highest BCUT2D eigenvalue weighted by Crippen LogP contribution is 2.08. The number of primary amides is 1. The number of nitrogens with two attached hydrogens (primary N) is 1. The standard InChI is InChI=1S/C13H12BrN3O2/c1-8-16-6-11(14)13(19)17(8)7-9-3-2-4-10(5-9)12(15)18/h2-6H,7H2,1H3,(H2,15,18). The second kappa shape index (κ2) is 5.36. The average molecular weight is 322 g/mol. The highest BCUT2D eigenvalue weighted by atomic mass is 79.9. The van der Waals surface area contributed by atoms with Gasteiger partial charge in [-0.1, -0.05) is 12.1 Å². The topological polar surface area (TPSA) is 78.0 Å². The number of aromatic nitrogens is 2. The van der Waals surface area contributed by atoms with E-state index in [9.17, 15) is 9.59 Å². The van der Waals surface area contributed by atoms with Crippen molar-refractivity contribution >= 4 is 21.8 Å². The second-order valence-corrected chi connectivity index (χ2v) is 4.96. The molecule has 0 spiro atoms. The lowest BCUT2D eigenvalue weighted by atomic mass is 10.1. The molecule has 0 atom stereocenters. The Bertz CT molecular complexity index is 695. The van der Waals surface area contributed by atoms with E-state index in [-0.39, 0.29) is 5.56 Å². The second-order valence-electron chi connectivity index (χ2n) is 4.11. The zero-order chi connectivity index (χ0) is 14.0. The van der Waals surface area contributed by atoms with Crippen LogP contribution in [0.2, 0.25) is 0 Å². The monoisotopic (exact) mass is 321 g/mol. The number of carbonyl (C=O) groups is 1. The Morgan fingerprint density at radius 1 is 1.47 bits per heavy atom. The van der Waals surface area contributed by atoms with Crippen LogP contribution in [0.25, 0.3) is 0 Å². The van der Waals surface area contributed by atoms with Crippen molar-refractivity contribution in [3.63, 3.8) is 0 Å². The van der Waals surface area contributed by atoms with Crippen LogP contribution >= 0.6 is 15.9 Å². The molecule has 0 aliphatic heterocycles. The van der Waals surface area contributed by atoms with Crippen LogP contribution in [0, 0.1) is 6.92 Å². The van der Waals surface area contributed by atoms with Gasteiger partial charge in [0.05, 0.1) is 6.54 Å². The van der Waals surface area contributed by atoms with Gasteiger partial charge in [0.25, 0.3) is 5.56 Å². The van der Waals surface area contributed by atoms with Crippen molar-refractivity contribution in [2.24, 2.45) is 5.73 Å². The number of carbonyl (C=O) groups excluding carboxylic acids is 1. The molecule has 0 saturated carbocycles. The van der Waals surface area contributed by atoms with E-state index in [1.54, 1.807) is 25.1 Å². The van der Waals surface area contributed by atoms with Crippen molar-refractivity contribution in [2.75, 3.05) is 0 Å². The summed E-state index contributed by atoms with van der Waals surface area (Å²) in [5, 5.41) is 0. The Balaban J connectivity index is 2.42. The van der Waals surface area contributed by atoms with Crippen molar-refractivity contribution in [1.82, 2.24) is 9.55 Å². The fourth-order valence-electron chi connectivity index (χ4n) is 1.74. The molecule has 98 valence electrons. The molecule has 0 aliphatic rings. The van der Waals surface area contributed by atoms with Crippen molar-refractivity contribution in [1.29, 1.82) is 0 Å². The van der Waals surface area contributed by atoms with Crippen LogP contribution in [0.5, 0.6) is 0 Å². The molecule has 5 nitrogen and oxygen atoms in total. The molecule has 0 aliphatic carbocycles. The molecular weight excluding hydrogens is 310 g/mol. The van der Waals surface area contributed by atoms with E-state index in [2.05, 4.69) is 20.9 Å². The van der Waals surface area contributed by atoms with Gasteiger partial charge in [-0.05, 0) is 40.5 Å². The van der Waals surface area contributed by atoms with Gasteiger partial charge in [0, 0.05) is 11.8 Å². The van der Waals surface area contributed by atoms with Crippen LogP contribution in [0.3, 0.4) is 0 Å². The summed E-state index contributed by atoms with van der Waals surface area (Å²) >= 11 is 3.16. The van der Waals surface area contributed by atoms with E-state index in [0.717, 1.165) is 5.56 Å². The van der Waals surface area contributed by atoms with E-state index in [1.807, 2.05) is 6.07 Å². The van der Waals surface area contributed by atoms with Crippen LogP contribution < -0.4 is 11.3 Å². The largest absolute Gasteiger partial charge is 0.366 e. The minimum absolute atomic E-state index is 0.156. The Kier molecular flexibility index (Phi) is 3.80. The maximum absolute atomic E-state index is 12.0. The lowest BCUT2D eigenvalue weighted by Crippen LogP contribution is -2.24. The van der Waals surface area contributed by atoms with E-state index in [4.69, 9.17) is 5.73 Å². The number of amides is 1. The summed E-state index contributed by atoms with van der Waals surface area (Å²) in [5.41, 5.74) is 6.32. The summed E-state index contributed by atoms with van der Waals surface area (Å²) in [6.07, 6.45) is 1.48. The Morgan fingerprint density at radius 3 is 2.89 bits per heavy atom. The molecule has 1 aromatic heterocycles. The minimum Gasteiger partial charge on any atom is -0.366 e. The predicted octanol–water partition coefficient (Wildman–Crippen LogP) is 1.46. The molecule has 0 radical (unpaired) electrons. The van der Waals surface area contributed by atoms with Gasteiger partial charge < -0.3 is 5.73 Å². The first-order chi connectivity index (χ1) is 8.99. The molecule has 19 heavy (non-hydrogen) atoms. The van der Waals surface area contributed by atoms with Crippen molar-refractivity contribution in [3.8, 4) is 0 Å². The first-order valence-electron chi connectivity index (χ1n) is 5.59. The molecule has 1 heterocycles. The van der Waals surface area contributed by atoms with E-state index in [0.29, 0.717) is 22.4 Å². The third kappa shape index (κ3) is 2.90. The summed E-state index contributed by atoms with van der Waals surface area (Å²) in [7, 11) is 0. The molecule has 0 unspecified atom stereocenters. The Hall–Kier alpha value is -1.95. The van der Waals surface area contributed by atoms with Crippen LogP contribution in [0.1, 0.15) is 21.7 Å². The molecule has 2 N–H and O–H groups in total. The Labute approximate surface area is 118 Å². The highest BCUT2D eigenvalue weighted by Gasteiger charge is 2.07. The third-order valence-corrected chi connectivity index (χ3v) is 3.30. The van der Waals surface area contributed by atoms with Crippen molar-refractivity contribution < 1.29 is 4.79 Å². The molecule has 0 fully saturated rings. The van der Waals surface area contributed by atoms with Crippen LogP contribution in [-0.4, -0.2) is 15.5 Å². The fourth-order valence-corrected chi connectivity index (χ4v) is 2.06. The molecule has 2 rings (SSSR count). The molecule has 0 bridgehead atoms. The van der Waals surface area contributed by atoms with Gasteiger partial charge in [-0.25, -0.2) is 4.98 Å². The number of nitrogens with zero attached hydrogens (tertiary/aromatic N) is 2. The SMILES string of the molecule is Cc1ncc(Br)c(=O)n1Cc1cccc(C(N)=O)c1. The Morgan fingerprint density at radius 2 is 2.21 bits per heavy atom. The summed E-state index contributed by atoms with van der Waals surface area (Å²) in [4.78, 5) is 27.2. The first-order valence-corrected chi connectivity index (χ1v) is 6.39. The average Bonchev–Trinajstić information content (AvgIpc) is 2.39. The van der Waals surface area contributed by atoms with Gasteiger partial charge >= 0.3 is 0 Å². The van der Waals surface area contributed by atoms with E-state index >= 15 is 0 Å². The third-order valence-electron chi connectivity index (χ3n) is 2.76. The highest BCUT2D eigenvalue weighted by molar-refractivity contribution is 9.10. The molecule has 2 aromatic rings. The maximum Gasteiger partial charge on any atom is 0.268 e. The van der Waals surface area contributed by atoms with Gasteiger partial charge in [0.2, 0.25) is 5.91 Å². The van der Waals surface area contributed by atoms with Crippen molar-refractivity contribution in [2.45, 2.75) is 13.5 Å². The smallest absolute Gasteiger partial charge is 0.268 e. The van der Waals surface area contributed by atoms with Gasteiger partial charge in [0.1, 0.15) is 10.3 Å². The van der Waals surface area contributed by atoms with Crippen LogP contribution in [0.4, 0.5) is 0 Å². The van der Waals surface area contributed by atoms with Crippen LogP contribution in [-0.2, 0) is 6.54 Å². The van der Waals surface area contributed by atoms with Gasteiger partial charge in [-0.3, -0.25) is 14.2 Å². The first kappa shape index (κ1) is 13.5. The minimum atomic E-state index is -0.488. The summed E-state index contributed by atoms with van der Waals surface area (Å²) in [6.45, 7) is 2.10. The maximum atomic E-state index is 12.0. The quantitative estimate of drug-likeness (QED) is 0.929. The summed E-state index contributed by atoms with van der Waals surface area (Å²) < 4.78 is 1.94. The number of rotatable bonds is 3. The fraction of sp³-hybridized carbons (Fsp3) is 0.154. The van der Waals surface area contributed by atoms with Crippen LogP contribution in [0.15, 0.2) is 39.7 Å². The lowest BCUT2D eigenvalue weighted by molar-refractivity contribution is 0.1000. The van der Waals surface area contributed by atoms with Gasteiger partial charge in [-0.2, -0.15) is 0 Å². The molecular formula is C13H12BrN3O2. The number of benzene rings is 1. The zero-order valence-corrected chi connectivity index (χ0v) is 11.8. The predicted molar refractivity (Wildman–Crippen MR) is 75.0 cm³/mol. The van der Waals surface area contributed by atoms with E-state index in [1.165, 1.54) is 10.8 Å². The number of halogens is 1. The van der Waals surface area contributed by atoms with Gasteiger partial charge in [0.15, 0.2) is 0 Å². The molecule has 1 amide bonds. The normalized spacial score (nSPS) is 10.4. The summed E-state index contributed by atoms with van der Waals surface area (Å²) in [5.74, 6) is 0.121. The molecule has 0 saturated heterocycles. The zero-order valence-electron chi connectivity index (χ0n) is 10.3. The van der Waals surface area contributed by atoms with Gasteiger partial charge in [-0.15, -0.1) is 0 Å². The number of hydrogen-bond donors (Lipinski definition) is 1. The van der Waals surface area contributed by atoms with Crippen molar-refractivity contribution in [3.05, 3.63) is 62.2 Å². The number of hydrogen-bond acceptors (Lipinski definition) is 3. The number of aryl methyl sites for hydroxylation is 1. The van der Waals surface area contributed by atoms with E-state index < -0.39 is 5.91 Å². The summed E-state index contributed by atoms with van der Waals surface area (Å²) in [6, 6.07) is 6.89. The lowest BCUT2D eigenvalue weighted by Gasteiger charge is -2.10. The molecule has 6 heteroatoms. The molecule has 1 aromatic carbocycles.